The molecule has 0 rings (SSSR count). The minimum Gasteiger partial charge on any atom is -0.356 e. The van der Waals surface area contributed by atoms with Gasteiger partial charge in [-0.3, -0.25) is 0 Å². The van der Waals surface area contributed by atoms with Crippen molar-refractivity contribution in [2.45, 2.75) is 18.5 Å². The van der Waals surface area contributed by atoms with E-state index in [1.807, 2.05) is 0 Å². The number of aliphatic hydroxyl groups is 1. The fraction of sp³-hybridized carbons (Fsp3) is 1.00. The first kappa shape index (κ1) is 14.0. The quantitative estimate of drug-likeness (QED) is 0.410. The van der Waals surface area contributed by atoms with Crippen LogP contribution in [0.3, 0.4) is 0 Å². The van der Waals surface area contributed by atoms with Gasteiger partial charge >= 0.3 is 7.82 Å². The summed E-state index contributed by atoms with van der Waals surface area (Å²) in [4.78, 5) is 17.0. The third-order valence-electron chi connectivity index (χ3n) is 1.41. The fourth-order valence-electron chi connectivity index (χ4n) is 0.364. The summed E-state index contributed by atoms with van der Waals surface area (Å²) in [6.07, 6.45) is 0. The number of alkyl halides is 2. The van der Waals surface area contributed by atoms with Crippen LogP contribution < -0.4 is 0 Å². The Kier molecular flexibility index (Phi) is 4.60. The Bertz CT molecular complexity index is 223. The number of hydrogen-bond donors (Lipinski definition) is 3. The third-order valence-corrected chi connectivity index (χ3v) is 4.80. The molecule has 0 heterocycles. The van der Waals surface area contributed by atoms with Gasteiger partial charge in [0.2, 0.25) is 4.70 Å². The Balaban J connectivity index is 4.68. The summed E-state index contributed by atoms with van der Waals surface area (Å²) in [6, 6.07) is 0. The van der Waals surface area contributed by atoms with Gasteiger partial charge in [0.25, 0.3) is 0 Å². The molecule has 0 fully saturated rings. The molecule has 5 nitrogen and oxygen atoms in total. The Hall–Kier alpha value is 1.03. The van der Waals surface area contributed by atoms with Gasteiger partial charge in [0.05, 0.1) is 0 Å². The highest BCUT2D eigenvalue weighted by Gasteiger charge is 2.46. The fourth-order valence-corrected chi connectivity index (χ4v) is 2.39. The molecule has 0 radical (unpaired) electrons. The van der Waals surface area contributed by atoms with Gasteiger partial charge in [-0.05, 0) is 15.9 Å². The highest BCUT2D eigenvalue weighted by Crippen LogP contribution is 2.50. The molecule has 0 amide bonds. The van der Waals surface area contributed by atoms with Crippen LogP contribution in [-0.4, -0.2) is 24.9 Å². The zero-order valence-electron chi connectivity index (χ0n) is 7.07. The molecular formula is C5H11Br2O5P. The molecule has 13 heavy (non-hydrogen) atoms. The van der Waals surface area contributed by atoms with Crippen molar-refractivity contribution in [3.05, 3.63) is 0 Å². The van der Waals surface area contributed by atoms with Gasteiger partial charge < -0.3 is 14.9 Å². The van der Waals surface area contributed by atoms with E-state index in [9.17, 15) is 9.67 Å². The summed E-state index contributed by atoms with van der Waals surface area (Å²) < 4.78 is 12.6. The van der Waals surface area contributed by atoms with Gasteiger partial charge in [-0.25, -0.2) is 9.09 Å². The summed E-state index contributed by atoms with van der Waals surface area (Å²) in [5.41, 5.74) is -0.881. The van der Waals surface area contributed by atoms with Gasteiger partial charge in [0.1, 0.15) is 0 Å². The van der Waals surface area contributed by atoms with E-state index >= 15 is 0 Å². The van der Waals surface area contributed by atoms with E-state index in [2.05, 4.69) is 36.4 Å². The van der Waals surface area contributed by atoms with Crippen LogP contribution in [0.1, 0.15) is 13.8 Å². The Morgan fingerprint density at radius 3 is 2.08 bits per heavy atom. The lowest BCUT2D eigenvalue weighted by atomic mass is 9.96. The first-order chi connectivity index (χ1) is 5.52. The number of rotatable bonds is 4. The van der Waals surface area contributed by atoms with E-state index in [1.165, 1.54) is 0 Å². The summed E-state index contributed by atoms with van der Waals surface area (Å²) in [5.74, 6) is 0. The van der Waals surface area contributed by atoms with E-state index in [0.717, 1.165) is 0 Å². The van der Waals surface area contributed by atoms with Crippen LogP contribution >= 0.6 is 39.7 Å². The topological polar surface area (TPSA) is 87.0 Å². The van der Waals surface area contributed by atoms with Gasteiger partial charge in [0, 0.05) is 10.7 Å². The zero-order valence-corrected chi connectivity index (χ0v) is 11.1. The monoisotopic (exact) mass is 340 g/mol. The molecule has 0 aromatic heterocycles. The molecule has 0 aromatic rings. The molecule has 0 spiro atoms. The van der Waals surface area contributed by atoms with E-state index in [1.54, 1.807) is 13.8 Å². The van der Waals surface area contributed by atoms with Crippen molar-refractivity contribution in [1.29, 1.82) is 0 Å². The maximum Gasteiger partial charge on any atom is 0.472 e. The van der Waals surface area contributed by atoms with Crippen LogP contribution in [0.25, 0.3) is 0 Å². The first-order valence-electron chi connectivity index (χ1n) is 3.25. The van der Waals surface area contributed by atoms with Crippen LogP contribution in [0.2, 0.25) is 0 Å². The molecule has 0 saturated heterocycles. The number of phosphoric acid groups is 1. The van der Waals surface area contributed by atoms with Crippen LogP contribution in [0, 0.1) is 5.41 Å². The summed E-state index contributed by atoms with van der Waals surface area (Å²) in [6.45, 7) is 3.15. The molecule has 1 unspecified atom stereocenters. The number of phosphoric ester groups is 1. The number of halogens is 2. The van der Waals surface area contributed by atoms with E-state index in [-0.39, 0.29) is 0 Å². The second kappa shape index (κ2) is 4.26. The van der Waals surface area contributed by atoms with Gasteiger partial charge in [-0.1, -0.05) is 29.8 Å². The molecule has 3 N–H and O–H groups in total. The average Bonchev–Trinajstić information content (AvgIpc) is 1.81. The Morgan fingerprint density at radius 2 is 1.85 bits per heavy atom. The molecule has 0 aromatic carbocycles. The highest BCUT2D eigenvalue weighted by atomic mass is 79.9. The standard InChI is InChI=1S/C5H11Br2O5P/c1-4(2,3-6)5(7,8)12-13(9,10)11/h8H,3H2,1-2H3,(H2,9,10,11). The average molecular weight is 342 g/mol. The third kappa shape index (κ3) is 4.38. The van der Waals surface area contributed by atoms with Crippen LogP contribution in [0.5, 0.6) is 0 Å². The van der Waals surface area contributed by atoms with Crippen LogP contribution in [0.4, 0.5) is 0 Å². The maximum absolute atomic E-state index is 10.5. The largest absolute Gasteiger partial charge is 0.472 e. The molecule has 0 bridgehead atoms. The van der Waals surface area contributed by atoms with E-state index < -0.39 is 17.9 Å². The molecule has 0 saturated carbocycles. The molecule has 1 atom stereocenters. The van der Waals surface area contributed by atoms with Crippen LogP contribution in [-0.2, 0) is 9.09 Å². The van der Waals surface area contributed by atoms with Crippen molar-refractivity contribution in [3.8, 4) is 0 Å². The van der Waals surface area contributed by atoms with Crippen LogP contribution in [0.15, 0.2) is 0 Å². The highest BCUT2D eigenvalue weighted by molar-refractivity contribution is 9.10. The van der Waals surface area contributed by atoms with Crippen molar-refractivity contribution < 1.29 is 24.0 Å². The van der Waals surface area contributed by atoms with Crippen molar-refractivity contribution in [2.24, 2.45) is 5.41 Å². The predicted octanol–water partition coefficient (Wildman–Crippen LogP) is 1.56. The SMILES string of the molecule is CC(C)(CBr)C(O)(Br)OP(=O)(O)O. The molecule has 0 aliphatic carbocycles. The maximum atomic E-state index is 10.5. The molecular weight excluding hydrogens is 331 g/mol. The normalized spacial score (nSPS) is 18.4. The molecule has 0 aliphatic heterocycles. The predicted molar refractivity (Wildman–Crippen MR) is 54.6 cm³/mol. The first-order valence-corrected chi connectivity index (χ1v) is 6.70. The van der Waals surface area contributed by atoms with Crippen molar-refractivity contribution in [1.82, 2.24) is 0 Å². The van der Waals surface area contributed by atoms with Crippen molar-refractivity contribution in [2.75, 3.05) is 5.33 Å². The lowest BCUT2D eigenvalue weighted by molar-refractivity contribution is -0.130. The number of hydrogen-bond acceptors (Lipinski definition) is 3. The molecule has 8 heteroatoms. The van der Waals surface area contributed by atoms with Crippen molar-refractivity contribution in [3.63, 3.8) is 0 Å². The summed E-state index contributed by atoms with van der Waals surface area (Å²) in [7, 11) is -4.71. The molecule has 0 aliphatic rings. The molecule has 80 valence electrons. The second-order valence-corrected chi connectivity index (χ2v) is 5.96. The van der Waals surface area contributed by atoms with Gasteiger partial charge in [-0.15, -0.1) is 0 Å². The minimum absolute atomic E-state index is 0.307. The summed E-state index contributed by atoms with van der Waals surface area (Å²) >= 11 is 5.80. The Morgan fingerprint density at radius 1 is 1.46 bits per heavy atom. The van der Waals surface area contributed by atoms with Crippen molar-refractivity contribution >= 4 is 39.7 Å². The van der Waals surface area contributed by atoms with Gasteiger partial charge in [-0.2, -0.15) is 0 Å². The second-order valence-electron chi connectivity index (χ2n) is 3.16. The van der Waals surface area contributed by atoms with E-state index in [4.69, 9.17) is 9.79 Å². The van der Waals surface area contributed by atoms with Gasteiger partial charge in [0.15, 0.2) is 0 Å². The lowest BCUT2D eigenvalue weighted by Crippen LogP contribution is -2.41. The van der Waals surface area contributed by atoms with E-state index in [0.29, 0.717) is 5.33 Å². The zero-order chi connectivity index (χ0) is 10.9. The smallest absolute Gasteiger partial charge is 0.356 e. The lowest BCUT2D eigenvalue weighted by Gasteiger charge is -2.35. The summed E-state index contributed by atoms with van der Waals surface area (Å²) in [5, 5.41) is 9.86. The minimum atomic E-state index is -4.71. The Labute approximate surface area is 93.0 Å².